The summed E-state index contributed by atoms with van der Waals surface area (Å²) in [6.45, 7) is 1.63. The number of carboxylic acids is 1. The van der Waals surface area contributed by atoms with Crippen LogP contribution in [-0.2, 0) is 21.0 Å². The van der Waals surface area contributed by atoms with Crippen molar-refractivity contribution in [1.29, 1.82) is 0 Å². The Labute approximate surface area is 198 Å². The Bertz CT molecular complexity index is 1370. The number of sulfonamides is 1. The molecule has 0 saturated heterocycles. The van der Waals surface area contributed by atoms with Crippen LogP contribution in [-0.4, -0.2) is 35.6 Å². The van der Waals surface area contributed by atoms with Crippen molar-refractivity contribution in [3.05, 3.63) is 65.7 Å². The summed E-state index contributed by atoms with van der Waals surface area (Å²) in [7, 11) is -4.32. The second kappa shape index (κ2) is 9.17. The van der Waals surface area contributed by atoms with Crippen molar-refractivity contribution in [2.75, 3.05) is 4.72 Å². The highest BCUT2D eigenvalue weighted by Gasteiger charge is 2.37. The Morgan fingerprint density at radius 1 is 1.06 bits per heavy atom. The normalized spacial score (nSPS) is 17.9. The molecule has 0 unspecified atom stereocenters. The number of ether oxygens (including phenoxy) is 1. The Morgan fingerprint density at radius 3 is 2.43 bits per heavy atom. The van der Waals surface area contributed by atoms with Gasteiger partial charge in [0.1, 0.15) is 11.9 Å². The molecular formula is C23H20F3N3O5S. The van der Waals surface area contributed by atoms with Crippen LogP contribution in [0.15, 0.2) is 59.6 Å². The van der Waals surface area contributed by atoms with E-state index in [0.717, 1.165) is 12.1 Å². The number of pyridine rings is 2. The Hall–Kier alpha value is -3.67. The summed E-state index contributed by atoms with van der Waals surface area (Å²) in [5.74, 6) is -1.76. The summed E-state index contributed by atoms with van der Waals surface area (Å²) < 4.78 is 74.4. The van der Waals surface area contributed by atoms with Gasteiger partial charge in [0.2, 0.25) is 5.88 Å². The van der Waals surface area contributed by atoms with E-state index >= 15 is 0 Å². The molecule has 0 radical (unpaired) electrons. The Kier molecular flexibility index (Phi) is 6.41. The molecule has 0 atom stereocenters. The molecule has 184 valence electrons. The number of hydrogen-bond donors (Lipinski definition) is 2. The van der Waals surface area contributed by atoms with Crippen molar-refractivity contribution in [2.45, 2.75) is 37.1 Å². The van der Waals surface area contributed by atoms with E-state index in [-0.39, 0.29) is 30.1 Å². The number of carbonyl (C=O) groups is 1. The minimum Gasteiger partial charge on any atom is -0.481 e. The number of aromatic nitrogens is 2. The highest BCUT2D eigenvalue weighted by Crippen LogP contribution is 2.38. The van der Waals surface area contributed by atoms with Crippen molar-refractivity contribution in [1.82, 2.24) is 9.97 Å². The maximum atomic E-state index is 13.6. The smallest absolute Gasteiger partial charge is 0.418 e. The van der Waals surface area contributed by atoms with Crippen LogP contribution in [0.25, 0.3) is 11.3 Å². The fourth-order valence-corrected chi connectivity index (χ4v) is 4.59. The van der Waals surface area contributed by atoms with Gasteiger partial charge in [0.05, 0.1) is 17.2 Å². The van der Waals surface area contributed by atoms with Crippen molar-refractivity contribution >= 4 is 21.8 Å². The average molecular weight is 507 g/mol. The van der Waals surface area contributed by atoms with Crippen LogP contribution in [0.4, 0.5) is 19.0 Å². The molecule has 2 heterocycles. The second-order valence-electron chi connectivity index (χ2n) is 8.07. The van der Waals surface area contributed by atoms with Crippen LogP contribution in [0.5, 0.6) is 5.88 Å². The van der Waals surface area contributed by atoms with Gasteiger partial charge in [0.15, 0.2) is 5.03 Å². The van der Waals surface area contributed by atoms with Crippen LogP contribution in [0.1, 0.15) is 24.0 Å². The van der Waals surface area contributed by atoms with Crippen LogP contribution >= 0.6 is 0 Å². The van der Waals surface area contributed by atoms with Crippen LogP contribution < -0.4 is 9.46 Å². The number of alkyl halides is 3. The molecule has 1 fully saturated rings. The summed E-state index contributed by atoms with van der Waals surface area (Å²) in [5, 5.41) is 8.52. The molecule has 0 bridgehead atoms. The zero-order valence-corrected chi connectivity index (χ0v) is 19.1. The van der Waals surface area contributed by atoms with Gasteiger partial charge in [0.25, 0.3) is 10.0 Å². The molecule has 2 N–H and O–H groups in total. The molecule has 1 aliphatic rings. The number of carboxylic acid groups (broad SMARTS) is 1. The fraction of sp³-hybridized carbons (Fsp3) is 0.261. The number of aliphatic carboxylic acids is 1. The quantitative estimate of drug-likeness (QED) is 0.483. The van der Waals surface area contributed by atoms with E-state index in [1.54, 1.807) is 25.1 Å². The molecule has 2 aromatic heterocycles. The molecule has 1 aromatic carbocycles. The number of nitrogens with zero attached hydrogens (tertiary/aromatic N) is 2. The van der Waals surface area contributed by atoms with Gasteiger partial charge in [-0.15, -0.1) is 0 Å². The lowest BCUT2D eigenvalue weighted by atomic mass is 9.82. The standard InChI is InChI=1S/C23H20F3N3O5S/c1-13-5-2-3-6-16(13)21-17(23(24,25)26)9-10-18(27-21)29-35(32,33)20-8-4-7-19(28-20)34-15-11-14(12-15)22(30)31/h2-10,14-15H,11-12H2,1H3,(H,27,29)(H,30,31). The number of benzene rings is 1. The summed E-state index contributed by atoms with van der Waals surface area (Å²) in [5.41, 5.74) is -0.644. The minimum absolute atomic E-state index is 0.0114. The second-order valence-corrected chi connectivity index (χ2v) is 9.70. The largest absolute Gasteiger partial charge is 0.481 e. The van der Waals surface area contributed by atoms with Gasteiger partial charge in [-0.25, -0.2) is 4.98 Å². The lowest BCUT2D eigenvalue weighted by Crippen LogP contribution is -2.38. The van der Waals surface area contributed by atoms with E-state index in [2.05, 4.69) is 14.7 Å². The first-order valence-electron chi connectivity index (χ1n) is 10.5. The monoisotopic (exact) mass is 507 g/mol. The molecule has 1 aliphatic carbocycles. The molecule has 35 heavy (non-hydrogen) atoms. The predicted molar refractivity (Wildman–Crippen MR) is 119 cm³/mol. The number of nitrogens with one attached hydrogen (secondary N) is 1. The van der Waals surface area contributed by atoms with Crippen molar-refractivity contribution < 1.29 is 36.2 Å². The van der Waals surface area contributed by atoms with E-state index in [1.165, 1.54) is 24.3 Å². The van der Waals surface area contributed by atoms with Crippen LogP contribution in [0.2, 0.25) is 0 Å². The van der Waals surface area contributed by atoms with Crippen LogP contribution in [0.3, 0.4) is 0 Å². The number of halogens is 3. The van der Waals surface area contributed by atoms with Crippen molar-refractivity contribution in [3.63, 3.8) is 0 Å². The lowest BCUT2D eigenvalue weighted by molar-refractivity contribution is -0.148. The number of hydrogen-bond acceptors (Lipinski definition) is 6. The highest BCUT2D eigenvalue weighted by atomic mass is 32.2. The number of rotatable bonds is 7. The van der Waals surface area contributed by atoms with Gasteiger partial charge >= 0.3 is 12.1 Å². The zero-order valence-electron chi connectivity index (χ0n) is 18.3. The first kappa shape index (κ1) is 24.5. The summed E-state index contributed by atoms with van der Waals surface area (Å²) >= 11 is 0. The Morgan fingerprint density at radius 2 is 1.77 bits per heavy atom. The predicted octanol–water partition coefficient (Wildman–Crippen LogP) is 4.51. The van der Waals surface area contributed by atoms with E-state index in [9.17, 15) is 26.4 Å². The lowest BCUT2D eigenvalue weighted by Gasteiger charge is -2.31. The average Bonchev–Trinajstić information content (AvgIpc) is 2.75. The van der Waals surface area contributed by atoms with Crippen molar-refractivity contribution in [3.8, 4) is 17.1 Å². The highest BCUT2D eigenvalue weighted by molar-refractivity contribution is 7.92. The van der Waals surface area contributed by atoms with E-state index in [0.29, 0.717) is 5.56 Å². The topological polar surface area (TPSA) is 118 Å². The zero-order chi connectivity index (χ0) is 25.4. The van der Waals surface area contributed by atoms with Gasteiger partial charge in [0, 0.05) is 11.6 Å². The summed E-state index contributed by atoms with van der Waals surface area (Å²) in [6, 6.07) is 12.1. The fourth-order valence-electron chi connectivity index (χ4n) is 3.62. The maximum Gasteiger partial charge on any atom is 0.418 e. The minimum atomic E-state index is -4.70. The summed E-state index contributed by atoms with van der Waals surface area (Å²) in [6.07, 6.45) is -4.54. The molecular weight excluding hydrogens is 487 g/mol. The Balaban J connectivity index is 1.60. The van der Waals surface area contributed by atoms with Gasteiger partial charge in [-0.1, -0.05) is 30.3 Å². The third-order valence-corrected chi connectivity index (χ3v) is 6.80. The summed E-state index contributed by atoms with van der Waals surface area (Å²) in [4.78, 5) is 18.9. The molecule has 8 nitrogen and oxygen atoms in total. The SMILES string of the molecule is Cc1ccccc1-c1nc(NS(=O)(=O)c2cccc(OC3CC(C(=O)O)C3)n2)ccc1C(F)(F)F. The van der Waals surface area contributed by atoms with Gasteiger partial charge in [-0.2, -0.15) is 26.6 Å². The molecule has 12 heteroatoms. The van der Waals surface area contributed by atoms with Crippen LogP contribution in [0, 0.1) is 12.8 Å². The number of aryl methyl sites for hydroxylation is 1. The molecule has 1 saturated carbocycles. The molecule has 3 aromatic rings. The molecule has 4 rings (SSSR count). The molecule has 0 spiro atoms. The molecule has 0 amide bonds. The van der Waals surface area contributed by atoms with Gasteiger partial charge in [-0.05, 0) is 43.5 Å². The van der Waals surface area contributed by atoms with E-state index in [1.807, 2.05) is 0 Å². The maximum absolute atomic E-state index is 13.6. The third-order valence-electron chi connectivity index (χ3n) is 5.54. The van der Waals surface area contributed by atoms with E-state index < -0.39 is 50.5 Å². The molecule has 0 aliphatic heterocycles. The third kappa shape index (κ3) is 5.37. The number of anilines is 1. The van der Waals surface area contributed by atoms with Crippen molar-refractivity contribution in [2.24, 2.45) is 5.92 Å². The van der Waals surface area contributed by atoms with Gasteiger partial charge < -0.3 is 9.84 Å². The first-order valence-corrected chi connectivity index (χ1v) is 12.0. The first-order chi connectivity index (χ1) is 16.4. The van der Waals surface area contributed by atoms with Gasteiger partial charge in [-0.3, -0.25) is 9.52 Å². The van der Waals surface area contributed by atoms with E-state index in [4.69, 9.17) is 9.84 Å².